The van der Waals surface area contributed by atoms with Crippen molar-refractivity contribution in [2.24, 2.45) is 5.92 Å². The molecule has 7 nitrogen and oxygen atoms in total. The van der Waals surface area contributed by atoms with Crippen molar-refractivity contribution >= 4 is 33.2 Å². The Balaban J connectivity index is 2.05. The van der Waals surface area contributed by atoms with E-state index in [1.807, 2.05) is 24.4 Å². The zero-order chi connectivity index (χ0) is 18.6. The first-order valence-corrected chi connectivity index (χ1v) is 10.9. The quantitative estimate of drug-likeness (QED) is 0.759. The fourth-order valence-corrected chi connectivity index (χ4v) is 4.83. The van der Waals surface area contributed by atoms with Gasteiger partial charge >= 0.3 is 5.97 Å². The van der Waals surface area contributed by atoms with E-state index in [1.165, 1.54) is 9.21 Å². The molecule has 25 heavy (non-hydrogen) atoms. The molecule has 0 spiro atoms. The number of rotatable bonds is 7. The number of carboxylic acids is 1. The standard InChI is InChI=1S/C16H24N2O5S2/c1-12(10-14-4-3-9-24-14)16(21)18(11-15(19)20)13-5-7-17(8-6-13)25(2,22)23/h3-4,9,12-13H,5-8,10-11H2,1-2H3,(H,19,20). The van der Waals surface area contributed by atoms with E-state index in [0.29, 0.717) is 32.4 Å². The number of carbonyl (C=O) groups is 2. The van der Waals surface area contributed by atoms with E-state index in [-0.39, 0.29) is 24.4 Å². The van der Waals surface area contributed by atoms with Crippen molar-refractivity contribution in [2.75, 3.05) is 25.9 Å². The Morgan fingerprint density at radius 2 is 2.04 bits per heavy atom. The lowest BCUT2D eigenvalue weighted by Crippen LogP contribution is -2.51. The molecule has 1 aromatic heterocycles. The monoisotopic (exact) mass is 388 g/mol. The number of nitrogens with zero attached hydrogens (tertiary/aromatic N) is 2. The van der Waals surface area contributed by atoms with Crippen molar-refractivity contribution < 1.29 is 23.1 Å². The van der Waals surface area contributed by atoms with Crippen molar-refractivity contribution in [3.63, 3.8) is 0 Å². The van der Waals surface area contributed by atoms with Gasteiger partial charge in [-0.25, -0.2) is 12.7 Å². The molecule has 1 amide bonds. The molecule has 0 aromatic carbocycles. The Bertz CT molecular complexity index is 694. The summed E-state index contributed by atoms with van der Waals surface area (Å²) in [5.74, 6) is -1.55. The minimum Gasteiger partial charge on any atom is -0.480 e. The average Bonchev–Trinajstić information content (AvgIpc) is 3.04. The molecule has 1 aliphatic rings. The molecule has 0 aliphatic carbocycles. The highest BCUT2D eigenvalue weighted by molar-refractivity contribution is 7.88. The maximum Gasteiger partial charge on any atom is 0.323 e. The molecule has 1 N–H and O–H groups in total. The van der Waals surface area contributed by atoms with Gasteiger partial charge in [0, 0.05) is 29.9 Å². The molecule has 2 rings (SSSR count). The van der Waals surface area contributed by atoms with Crippen LogP contribution in [0.4, 0.5) is 0 Å². The summed E-state index contributed by atoms with van der Waals surface area (Å²) in [7, 11) is -3.25. The van der Waals surface area contributed by atoms with E-state index in [9.17, 15) is 23.1 Å². The molecular formula is C16H24N2O5S2. The third-order valence-corrected chi connectivity index (χ3v) is 6.63. The van der Waals surface area contributed by atoms with Gasteiger partial charge in [-0.15, -0.1) is 11.3 Å². The molecule has 1 saturated heterocycles. The predicted octanol–water partition coefficient (Wildman–Crippen LogP) is 1.26. The van der Waals surface area contributed by atoms with E-state index in [1.54, 1.807) is 11.3 Å². The highest BCUT2D eigenvalue weighted by atomic mass is 32.2. The first-order chi connectivity index (χ1) is 11.7. The molecule has 1 aromatic rings. The van der Waals surface area contributed by atoms with E-state index >= 15 is 0 Å². The largest absolute Gasteiger partial charge is 0.480 e. The van der Waals surface area contributed by atoms with E-state index < -0.39 is 16.0 Å². The Morgan fingerprint density at radius 3 is 2.52 bits per heavy atom. The Labute approximate surface area is 152 Å². The maximum atomic E-state index is 12.8. The Kier molecular flexibility index (Phi) is 6.59. The summed E-state index contributed by atoms with van der Waals surface area (Å²) >= 11 is 1.57. The van der Waals surface area contributed by atoms with Crippen LogP contribution < -0.4 is 0 Å². The molecular weight excluding hydrogens is 364 g/mol. The second-order valence-corrected chi connectivity index (χ2v) is 9.45. The van der Waals surface area contributed by atoms with E-state index in [2.05, 4.69) is 0 Å². The minimum atomic E-state index is -3.25. The number of hydrogen-bond donors (Lipinski definition) is 1. The number of carbonyl (C=O) groups excluding carboxylic acids is 1. The minimum absolute atomic E-state index is 0.186. The molecule has 0 radical (unpaired) electrons. The fourth-order valence-electron chi connectivity index (χ4n) is 3.12. The molecule has 1 fully saturated rings. The highest BCUT2D eigenvalue weighted by Gasteiger charge is 2.33. The summed E-state index contributed by atoms with van der Waals surface area (Å²) in [6.07, 6.45) is 2.65. The summed E-state index contributed by atoms with van der Waals surface area (Å²) in [5.41, 5.74) is 0. The number of carboxylic acid groups (broad SMARTS) is 1. The summed E-state index contributed by atoms with van der Waals surface area (Å²) in [6.45, 7) is 2.08. The number of aliphatic carboxylic acids is 1. The second kappa shape index (κ2) is 8.29. The molecule has 1 unspecified atom stereocenters. The highest BCUT2D eigenvalue weighted by Crippen LogP contribution is 2.22. The van der Waals surface area contributed by atoms with Gasteiger partial charge in [-0.1, -0.05) is 13.0 Å². The predicted molar refractivity (Wildman–Crippen MR) is 96.0 cm³/mol. The molecule has 140 valence electrons. The van der Waals surface area contributed by atoms with Crippen molar-refractivity contribution in [1.29, 1.82) is 0 Å². The molecule has 1 aliphatic heterocycles. The van der Waals surface area contributed by atoms with Crippen molar-refractivity contribution in [1.82, 2.24) is 9.21 Å². The summed E-state index contributed by atoms with van der Waals surface area (Å²) < 4.78 is 24.6. The van der Waals surface area contributed by atoms with E-state index in [4.69, 9.17) is 0 Å². The molecule has 0 bridgehead atoms. The van der Waals surface area contributed by atoms with Crippen LogP contribution in [0.1, 0.15) is 24.6 Å². The lowest BCUT2D eigenvalue weighted by atomic mass is 10.00. The first-order valence-electron chi connectivity index (χ1n) is 8.18. The third kappa shape index (κ3) is 5.52. The zero-order valence-corrected chi connectivity index (χ0v) is 16.1. The van der Waals surface area contributed by atoms with Crippen molar-refractivity contribution in [3.05, 3.63) is 22.4 Å². The van der Waals surface area contributed by atoms with Gasteiger partial charge in [-0.2, -0.15) is 0 Å². The van der Waals surface area contributed by atoms with Gasteiger partial charge in [0.15, 0.2) is 0 Å². The van der Waals surface area contributed by atoms with Crippen molar-refractivity contribution in [3.8, 4) is 0 Å². The normalized spacial score (nSPS) is 18.0. The van der Waals surface area contributed by atoms with Crippen LogP contribution in [0.3, 0.4) is 0 Å². The molecule has 0 saturated carbocycles. The van der Waals surface area contributed by atoms with Crippen LogP contribution in [0.2, 0.25) is 0 Å². The van der Waals surface area contributed by atoms with Gasteiger partial charge in [-0.05, 0) is 30.7 Å². The molecule has 1 atom stereocenters. The molecule has 2 heterocycles. The van der Waals surface area contributed by atoms with Gasteiger partial charge in [0.25, 0.3) is 0 Å². The Hall–Kier alpha value is -1.45. The number of sulfonamides is 1. The SMILES string of the molecule is CC(Cc1cccs1)C(=O)N(CC(=O)O)C1CCN(S(C)(=O)=O)CC1. The third-order valence-electron chi connectivity index (χ3n) is 4.43. The van der Waals surface area contributed by atoms with Gasteiger partial charge in [-0.3, -0.25) is 9.59 Å². The van der Waals surface area contributed by atoms with Gasteiger partial charge in [0.2, 0.25) is 15.9 Å². The number of piperidine rings is 1. The topological polar surface area (TPSA) is 95.0 Å². The molecule has 9 heteroatoms. The van der Waals surface area contributed by atoms with E-state index in [0.717, 1.165) is 11.1 Å². The Morgan fingerprint density at radius 1 is 1.40 bits per heavy atom. The smallest absolute Gasteiger partial charge is 0.323 e. The van der Waals surface area contributed by atoms with Gasteiger partial charge < -0.3 is 10.0 Å². The number of amides is 1. The zero-order valence-electron chi connectivity index (χ0n) is 14.4. The van der Waals surface area contributed by atoms with Gasteiger partial charge in [0.05, 0.1) is 6.26 Å². The summed E-state index contributed by atoms with van der Waals surface area (Å²) in [6, 6.07) is 3.64. The fraction of sp³-hybridized carbons (Fsp3) is 0.625. The summed E-state index contributed by atoms with van der Waals surface area (Å²) in [4.78, 5) is 26.5. The first kappa shape index (κ1) is 19.9. The van der Waals surface area contributed by atoms with Crippen molar-refractivity contribution in [2.45, 2.75) is 32.2 Å². The summed E-state index contributed by atoms with van der Waals surface area (Å²) in [5, 5.41) is 11.1. The van der Waals surface area contributed by atoms with Crippen LogP contribution in [-0.2, 0) is 26.0 Å². The van der Waals surface area contributed by atoms with Crippen LogP contribution in [0.5, 0.6) is 0 Å². The van der Waals surface area contributed by atoms with Crippen LogP contribution in [0.25, 0.3) is 0 Å². The lowest BCUT2D eigenvalue weighted by molar-refractivity contribution is -0.148. The average molecular weight is 389 g/mol. The number of hydrogen-bond acceptors (Lipinski definition) is 5. The maximum absolute atomic E-state index is 12.8. The number of thiophene rings is 1. The van der Waals surface area contributed by atoms with Crippen LogP contribution in [0, 0.1) is 5.92 Å². The van der Waals surface area contributed by atoms with Crippen LogP contribution in [0.15, 0.2) is 17.5 Å². The van der Waals surface area contributed by atoms with Crippen LogP contribution in [-0.4, -0.2) is 66.5 Å². The van der Waals surface area contributed by atoms with Crippen LogP contribution >= 0.6 is 11.3 Å². The second-order valence-electron chi connectivity index (χ2n) is 6.44. The van der Waals surface area contributed by atoms with Gasteiger partial charge in [0.1, 0.15) is 6.54 Å². The lowest BCUT2D eigenvalue weighted by Gasteiger charge is -2.38.